The number of hydrogen-bond acceptors (Lipinski definition) is 6. The van der Waals surface area contributed by atoms with Crippen LogP contribution in [0.3, 0.4) is 0 Å². The average molecular weight is 490 g/mol. The van der Waals surface area contributed by atoms with E-state index in [1.807, 2.05) is 4.90 Å². The molecule has 188 valence electrons. The molecule has 0 N–H and O–H groups in total. The molecule has 3 saturated heterocycles. The Balaban J connectivity index is 1.45. The molecule has 11 heteroatoms. The first-order valence-electron chi connectivity index (χ1n) is 11.8. The first kappa shape index (κ1) is 23.7. The minimum absolute atomic E-state index is 0.0961. The molecule has 3 fully saturated rings. The fourth-order valence-electron chi connectivity index (χ4n) is 5.08. The van der Waals surface area contributed by atoms with Crippen LogP contribution in [0.15, 0.2) is 18.3 Å². The Morgan fingerprint density at radius 3 is 2.17 bits per heavy atom. The minimum Gasteiger partial charge on any atom is -0.370 e. The molecular formula is C24H29F2N5O4. The van der Waals surface area contributed by atoms with Gasteiger partial charge in [-0.2, -0.15) is 0 Å². The average Bonchev–Trinajstić information content (AvgIpc) is 3.32. The van der Waals surface area contributed by atoms with E-state index in [1.54, 1.807) is 23.9 Å². The Bertz CT molecular complexity index is 1140. The van der Waals surface area contributed by atoms with Gasteiger partial charge in [-0.3, -0.25) is 9.78 Å². The molecule has 1 spiro atoms. The second-order valence-corrected chi connectivity index (χ2v) is 9.35. The lowest BCUT2D eigenvalue weighted by molar-refractivity contribution is -0.169. The Hall–Kier alpha value is -3.05. The monoisotopic (exact) mass is 489 g/mol. The van der Waals surface area contributed by atoms with Gasteiger partial charge in [0.15, 0.2) is 17.4 Å². The third-order valence-electron chi connectivity index (χ3n) is 6.99. The number of pyridine rings is 1. The van der Waals surface area contributed by atoms with Gasteiger partial charge >= 0.3 is 6.03 Å². The highest BCUT2D eigenvalue weighted by atomic mass is 19.2. The molecule has 0 aliphatic carbocycles. The van der Waals surface area contributed by atoms with Gasteiger partial charge in [-0.25, -0.2) is 13.6 Å². The van der Waals surface area contributed by atoms with Gasteiger partial charge in [-0.15, -0.1) is 0 Å². The maximum Gasteiger partial charge on any atom is 0.319 e. The molecule has 3 aliphatic rings. The maximum atomic E-state index is 14.3. The number of piperazine rings is 1. The van der Waals surface area contributed by atoms with Gasteiger partial charge < -0.3 is 29.1 Å². The molecule has 5 rings (SSSR count). The largest absolute Gasteiger partial charge is 0.370 e. The Labute approximate surface area is 202 Å². The summed E-state index contributed by atoms with van der Waals surface area (Å²) in [5.41, 5.74) is 1.16. The van der Waals surface area contributed by atoms with Crippen LogP contribution in [0.25, 0.3) is 10.9 Å². The Morgan fingerprint density at radius 2 is 1.54 bits per heavy atom. The molecule has 3 amide bonds. The summed E-state index contributed by atoms with van der Waals surface area (Å²) in [7, 11) is 3.39. The van der Waals surface area contributed by atoms with Crippen LogP contribution in [0.2, 0.25) is 0 Å². The van der Waals surface area contributed by atoms with E-state index < -0.39 is 17.4 Å². The summed E-state index contributed by atoms with van der Waals surface area (Å²) in [5.74, 6) is -2.83. The smallest absolute Gasteiger partial charge is 0.319 e. The molecule has 9 nitrogen and oxygen atoms in total. The van der Waals surface area contributed by atoms with Crippen molar-refractivity contribution >= 4 is 28.5 Å². The molecule has 0 saturated carbocycles. The summed E-state index contributed by atoms with van der Waals surface area (Å²) >= 11 is 0. The van der Waals surface area contributed by atoms with E-state index >= 15 is 0 Å². The summed E-state index contributed by atoms with van der Waals surface area (Å²) in [6, 6.07) is 2.08. The van der Waals surface area contributed by atoms with Crippen LogP contribution in [-0.4, -0.2) is 104 Å². The number of benzene rings is 1. The lowest BCUT2D eigenvalue weighted by Gasteiger charge is -2.40. The summed E-state index contributed by atoms with van der Waals surface area (Å²) in [5, 5.41) is 0.389. The molecule has 1 aromatic heterocycles. The van der Waals surface area contributed by atoms with Crippen molar-refractivity contribution in [2.75, 3.05) is 71.5 Å². The highest BCUT2D eigenvalue weighted by Crippen LogP contribution is 2.38. The number of ether oxygens (including phenoxy) is 2. The molecule has 35 heavy (non-hydrogen) atoms. The van der Waals surface area contributed by atoms with E-state index in [9.17, 15) is 18.4 Å². The summed E-state index contributed by atoms with van der Waals surface area (Å²) in [6.45, 7) is 3.74. The van der Waals surface area contributed by atoms with Gasteiger partial charge in [0, 0.05) is 83.9 Å². The predicted molar refractivity (Wildman–Crippen MR) is 124 cm³/mol. The molecule has 0 radical (unpaired) electrons. The number of amides is 3. The lowest BCUT2D eigenvalue weighted by Crippen LogP contribution is -2.53. The van der Waals surface area contributed by atoms with Crippen molar-refractivity contribution < 1.29 is 27.8 Å². The van der Waals surface area contributed by atoms with Crippen LogP contribution in [-0.2, 0) is 9.47 Å². The summed E-state index contributed by atoms with van der Waals surface area (Å²) in [6.07, 6.45) is 2.64. The van der Waals surface area contributed by atoms with Crippen molar-refractivity contribution in [1.82, 2.24) is 19.7 Å². The maximum absolute atomic E-state index is 14.3. The Morgan fingerprint density at radius 1 is 0.943 bits per heavy atom. The molecule has 2 aromatic rings. The molecule has 4 heterocycles. The number of nitrogens with zero attached hydrogens (tertiary/aromatic N) is 5. The number of carbonyl (C=O) groups excluding carboxylic acids is 2. The molecule has 0 atom stereocenters. The highest BCUT2D eigenvalue weighted by molar-refractivity contribution is 6.07. The summed E-state index contributed by atoms with van der Waals surface area (Å²) in [4.78, 5) is 37.1. The SMILES string of the molecule is CN(C)C(=O)N1CCN(C(=O)c2cnc3cc(F)c(F)cc3c2N2CCC3(CC2)OCCO3)CC1. The van der Waals surface area contributed by atoms with Gasteiger partial charge in [0.1, 0.15) is 0 Å². The third-order valence-corrected chi connectivity index (χ3v) is 6.99. The molecule has 3 aliphatic heterocycles. The molecule has 0 bridgehead atoms. The van der Waals surface area contributed by atoms with Gasteiger partial charge in [-0.05, 0) is 6.07 Å². The van der Waals surface area contributed by atoms with Crippen molar-refractivity contribution in [3.8, 4) is 0 Å². The fourth-order valence-corrected chi connectivity index (χ4v) is 5.08. The second-order valence-electron chi connectivity index (χ2n) is 9.35. The van der Waals surface area contributed by atoms with Crippen LogP contribution in [0.5, 0.6) is 0 Å². The second kappa shape index (κ2) is 9.19. The fraction of sp³-hybridized carbons (Fsp3) is 0.542. The van der Waals surface area contributed by atoms with E-state index in [-0.39, 0.29) is 17.5 Å². The summed E-state index contributed by atoms with van der Waals surface area (Å²) < 4.78 is 39.9. The molecular weight excluding hydrogens is 460 g/mol. The zero-order valence-corrected chi connectivity index (χ0v) is 19.9. The first-order valence-corrected chi connectivity index (χ1v) is 11.8. The van der Waals surface area contributed by atoms with Crippen molar-refractivity contribution in [1.29, 1.82) is 0 Å². The van der Waals surface area contributed by atoms with E-state index in [2.05, 4.69) is 4.98 Å². The van der Waals surface area contributed by atoms with Crippen LogP contribution in [0.4, 0.5) is 19.3 Å². The predicted octanol–water partition coefficient (Wildman–Crippen LogP) is 2.30. The highest BCUT2D eigenvalue weighted by Gasteiger charge is 2.41. The topological polar surface area (TPSA) is 78.5 Å². The number of hydrogen-bond donors (Lipinski definition) is 0. The number of anilines is 1. The van der Waals surface area contributed by atoms with Gasteiger partial charge in [-0.1, -0.05) is 0 Å². The van der Waals surface area contributed by atoms with Crippen LogP contribution in [0, 0.1) is 11.6 Å². The van der Waals surface area contributed by atoms with Gasteiger partial charge in [0.05, 0.1) is 30.0 Å². The van der Waals surface area contributed by atoms with Gasteiger partial charge in [0.25, 0.3) is 5.91 Å². The van der Waals surface area contributed by atoms with Crippen molar-refractivity contribution in [3.05, 3.63) is 35.5 Å². The number of urea groups is 1. The minimum atomic E-state index is -0.989. The zero-order chi connectivity index (χ0) is 24.7. The Kier molecular flexibility index (Phi) is 6.22. The van der Waals surface area contributed by atoms with E-state index in [0.717, 1.165) is 12.1 Å². The van der Waals surface area contributed by atoms with Gasteiger partial charge in [0.2, 0.25) is 0 Å². The zero-order valence-electron chi connectivity index (χ0n) is 19.9. The standard InChI is InChI=1S/C24H29F2N5O4/c1-28(2)23(33)31-9-7-30(8-10-31)22(32)17-15-27-20-14-19(26)18(25)13-16(20)21(17)29-5-3-24(4-6-29)34-11-12-35-24/h13-15H,3-12H2,1-2H3. The van der Waals surface area contributed by atoms with Crippen molar-refractivity contribution in [3.63, 3.8) is 0 Å². The van der Waals surface area contributed by atoms with E-state index in [1.165, 1.54) is 11.1 Å². The number of fused-ring (bicyclic) bond motifs is 1. The number of aromatic nitrogens is 1. The number of rotatable bonds is 2. The third kappa shape index (κ3) is 4.38. The van der Waals surface area contributed by atoms with Crippen LogP contribution < -0.4 is 4.90 Å². The number of carbonyl (C=O) groups is 2. The lowest BCUT2D eigenvalue weighted by atomic mass is 9.99. The quantitative estimate of drug-likeness (QED) is 0.644. The molecule has 1 aromatic carbocycles. The number of halogens is 2. The van der Waals surface area contributed by atoms with Crippen molar-refractivity contribution in [2.24, 2.45) is 0 Å². The normalized spacial score (nSPS) is 20.1. The van der Waals surface area contributed by atoms with Crippen LogP contribution >= 0.6 is 0 Å². The van der Waals surface area contributed by atoms with Crippen LogP contribution in [0.1, 0.15) is 23.2 Å². The van der Waals surface area contributed by atoms with Crippen molar-refractivity contribution in [2.45, 2.75) is 18.6 Å². The molecule has 0 unspecified atom stereocenters. The van der Waals surface area contributed by atoms with E-state index in [0.29, 0.717) is 82.0 Å². The number of piperidine rings is 1. The first-order chi connectivity index (χ1) is 16.8. The van der Waals surface area contributed by atoms with E-state index in [4.69, 9.17) is 9.47 Å².